The van der Waals surface area contributed by atoms with Crippen molar-refractivity contribution in [1.82, 2.24) is 9.88 Å². The molecule has 0 bridgehead atoms. The maximum Gasteiger partial charge on any atom is 0.331 e. The van der Waals surface area contributed by atoms with Crippen LogP contribution < -0.4 is 0 Å². The molecule has 6 heteroatoms. The van der Waals surface area contributed by atoms with E-state index in [0.29, 0.717) is 11.6 Å². The van der Waals surface area contributed by atoms with E-state index in [9.17, 15) is 9.59 Å². The van der Waals surface area contributed by atoms with Gasteiger partial charge in [-0.25, -0.2) is 9.78 Å². The number of carbonyl (C=O) groups is 2. The molecule has 0 N–H and O–H groups in total. The molecule has 1 heterocycles. The Labute approximate surface area is 161 Å². The highest BCUT2D eigenvalue weighted by Crippen LogP contribution is 2.22. The Morgan fingerprint density at radius 2 is 1.85 bits per heavy atom. The second kappa shape index (κ2) is 8.60. The van der Waals surface area contributed by atoms with Gasteiger partial charge in [-0.2, -0.15) is 0 Å². The van der Waals surface area contributed by atoms with Gasteiger partial charge in [0.1, 0.15) is 5.01 Å². The number of aromatic nitrogens is 1. The summed E-state index contributed by atoms with van der Waals surface area (Å²) in [5.74, 6) is -0.816. The highest BCUT2D eigenvalue weighted by Gasteiger charge is 2.20. The lowest BCUT2D eigenvalue weighted by atomic mass is 10.2. The van der Waals surface area contributed by atoms with Gasteiger partial charge in [0.2, 0.25) is 0 Å². The fourth-order valence-corrected chi connectivity index (χ4v) is 3.48. The third kappa shape index (κ3) is 5.01. The zero-order chi connectivity index (χ0) is 19.2. The Balaban J connectivity index is 1.55. The van der Waals surface area contributed by atoms with Gasteiger partial charge >= 0.3 is 5.97 Å². The smallest absolute Gasteiger partial charge is 0.331 e. The Morgan fingerprint density at radius 1 is 1.15 bits per heavy atom. The summed E-state index contributed by atoms with van der Waals surface area (Å²) >= 11 is 1.49. The Hall–Kier alpha value is -2.99. The van der Waals surface area contributed by atoms with Gasteiger partial charge in [-0.3, -0.25) is 4.79 Å². The highest BCUT2D eigenvalue weighted by atomic mass is 32.1. The molecule has 1 atom stereocenters. The van der Waals surface area contributed by atoms with E-state index in [0.717, 1.165) is 15.8 Å². The quantitative estimate of drug-likeness (QED) is 0.481. The first-order chi connectivity index (χ1) is 13.0. The molecule has 3 aromatic rings. The first-order valence-corrected chi connectivity index (χ1v) is 9.38. The lowest BCUT2D eigenvalue weighted by Crippen LogP contribution is -2.36. The van der Waals surface area contributed by atoms with Gasteiger partial charge in [-0.05, 0) is 30.7 Å². The van der Waals surface area contributed by atoms with Crippen molar-refractivity contribution in [2.75, 3.05) is 7.05 Å². The summed E-state index contributed by atoms with van der Waals surface area (Å²) in [5, 5.41) is 0.716. The van der Waals surface area contributed by atoms with Gasteiger partial charge in [0, 0.05) is 19.7 Å². The number of rotatable bonds is 6. The van der Waals surface area contributed by atoms with Crippen LogP contribution in [0.1, 0.15) is 17.5 Å². The average molecular weight is 380 g/mol. The van der Waals surface area contributed by atoms with Gasteiger partial charge in [0.15, 0.2) is 6.10 Å². The van der Waals surface area contributed by atoms with Crippen molar-refractivity contribution in [3.63, 3.8) is 0 Å². The average Bonchev–Trinajstić information content (AvgIpc) is 3.09. The van der Waals surface area contributed by atoms with Crippen LogP contribution in [0.15, 0.2) is 60.7 Å². The van der Waals surface area contributed by atoms with Crippen molar-refractivity contribution < 1.29 is 14.3 Å². The molecule has 2 aromatic carbocycles. The summed E-state index contributed by atoms with van der Waals surface area (Å²) < 4.78 is 6.28. The maximum atomic E-state index is 12.4. The van der Waals surface area contributed by atoms with Gasteiger partial charge < -0.3 is 9.64 Å². The zero-order valence-electron chi connectivity index (χ0n) is 15.2. The molecular weight excluding hydrogens is 360 g/mol. The van der Waals surface area contributed by atoms with Crippen molar-refractivity contribution in [2.24, 2.45) is 0 Å². The lowest BCUT2D eigenvalue weighted by Gasteiger charge is -2.21. The molecule has 0 aliphatic rings. The third-order valence-corrected chi connectivity index (χ3v) is 4.95. The molecule has 27 heavy (non-hydrogen) atoms. The monoisotopic (exact) mass is 380 g/mol. The summed E-state index contributed by atoms with van der Waals surface area (Å²) in [6.45, 7) is 2.04. The number of para-hydroxylation sites is 1. The number of thiazole rings is 1. The summed E-state index contributed by atoms with van der Waals surface area (Å²) in [4.78, 5) is 30.4. The third-order valence-electron chi connectivity index (χ3n) is 3.95. The predicted octanol–water partition coefficient (Wildman–Crippen LogP) is 3.90. The van der Waals surface area contributed by atoms with E-state index in [-0.39, 0.29) is 5.91 Å². The first-order valence-electron chi connectivity index (χ1n) is 8.56. The fourth-order valence-electron chi connectivity index (χ4n) is 2.61. The van der Waals surface area contributed by atoms with Crippen molar-refractivity contribution in [2.45, 2.75) is 19.6 Å². The normalized spacial score (nSPS) is 12.2. The van der Waals surface area contributed by atoms with Crippen LogP contribution in [0.4, 0.5) is 0 Å². The van der Waals surface area contributed by atoms with E-state index in [1.807, 2.05) is 54.6 Å². The topological polar surface area (TPSA) is 59.5 Å². The largest absolute Gasteiger partial charge is 0.449 e. The zero-order valence-corrected chi connectivity index (χ0v) is 16.0. The molecule has 1 amide bonds. The molecule has 5 nitrogen and oxygen atoms in total. The van der Waals surface area contributed by atoms with Crippen LogP contribution in [0.3, 0.4) is 0 Å². The molecule has 0 saturated heterocycles. The van der Waals surface area contributed by atoms with Crippen molar-refractivity contribution in [3.05, 3.63) is 71.2 Å². The van der Waals surface area contributed by atoms with E-state index >= 15 is 0 Å². The Morgan fingerprint density at radius 3 is 2.59 bits per heavy atom. The number of ether oxygens (including phenoxy) is 1. The van der Waals surface area contributed by atoms with E-state index in [2.05, 4.69) is 4.98 Å². The van der Waals surface area contributed by atoms with Gasteiger partial charge in [-0.1, -0.05) is 42.5 Å². The Kier molecular flexibility index (Phi) is 5.98. The van der Waals surface area contributed by atoms with Gasteiger partial charge in [0.25, 0.3) is 5.91 Å². The lowest BCUT2D eigenvalue weighted by molar-refractivity contribution is -0.154. The van der Waals surface area contributed by atoms with Gasteiger partial charge in [-0.15, -0.1) is 11.3 Å². The number of hydrogen-bond acceptors (Lipinski definition) is 5. The molecule has 0 fully saturated rings. The maximum absolute atomic E-state index is 12.4. The molecule has 0 aliphatic heterocycles. The van der Waals surface area contributed by atoms with Crippen LogP contribution in [-0.4, -0.2) is 34.9 Å². The molecule has 0 radical (unpaired) electrons. The number of hydrogen-bond donors (Lipinski definition) is 0. The molecular formula is C21H20N2O3S. The van der Waals surface area contributed by atoms with Crippen molar-refractivity contribution in [3.8, 4) is 0 Å². The van der Waals surface area contributed by atoms with Crippen LogP contribution in [0.2, 0.25) is 0 Å². The summed E-state index contributed by atoms with van der Waals surface area (Å²) in [7, 11) is 1.69. The van der Waals surface area contributed by atoms with Crippen LogP contribution in [0, 0.1) is 0 Å². The van der Waals surface area contributed by atoms with Crippen LogP contribution in [0.25, 0.3) is 16.3 Å². The molecule has 0 aliphatic carbocycles. The minimum Gasteiger partial charge on any atom is -0.449 e. The minimum atomic E-state index is -0.855. The number of likely N-dealkylation sites (N-methyl/N-ethyl adjacent to an activating group) is 1. The SMILES string of the molecule is C[C@@H](OC(=O)/C=C/c1nc2ccccc2s1)C(=O)N(C)Cc1ccccc1. The number of fused-ring (bicyclic) bond motifs is 1. The summed E-state index contributed by atoms with van der Waals surface area (Å²) in [5.41, 5.74) is 1.91. The van der Waals surface area contributed by atoms with Crippen molar-refractivity contribution >= 4 is 39.5 Å². The van der Waals surface area contributed by atoms with Crippen LogP contribution in [-0.2, 0) is 20.9 Å². The van der Waals surface area contributed by atoms with Crippen molar-refractivity contribution in [1.29, 1.82) is 0 Å². The molecule has 0 saturated carbocycles. The second-order valence-electron chi connectivity index (χ2n) is 6.11. The minimum absolute atomic E-state index is 0.249. The second-order valence-corrected chi connectivity index (χ2v) is 7.17. The predicted molar refractivity (Wildman–Crippen MR) is 107 cm³/mol. The number of nitrogens with zero attached hydrogens (tertiary/aromatic N) is 2. The number of amides is 1. The number of esters is 1. The van der Waals surface area contributed by atoms with Crippen LogP contribution >= 0.6 is 11.3 Å². The summed E-state index contributed by atoms with van der Waals surface area (Å²) in [6, 6.07) is 17.4. The molecule has 3 rings (SSSR count). The van der Waals surface area contributed by atoms with E-state index in [1.165, 1.54) is 17.4 Å². The first kappa shape index (κ1) is 18.8. The molecule has 138 valence electrons. The van der Waals surface area contributed by atoms with Gasteiger partial charge in [0.05, 0.1) is 10.2 Å². The number of benzene rings is 2. The Bertz CT molecular complexity index is 933. The number of carbonyl (C=O) groups excluding carboxylic acids is 2. The van der Waals surface area contributed by atoms with Crippen LogP contribution in [0.5, 0.6) is 0 Å². The molecule has 0 unspecified atom stereocenters. The van der Waals surface area contributed by atoms with E-state index in [4.69, 9.17) is 4.74 Å². The van der Waals surface area contributed by atoms with E-state index < -0.39 is 12.1 Å². The highest BCUT2D eigenvalue weighted by molar-refractivity contribution is 7.19. The molecule has 0 spiro atoms. The fraction of sp³-hybridized carbons (Fsp3) is 0.190. The van der Waals surface area contributed by atoms with E-state index in [1.54, 1.807) is 24.9 Å². The molecule has 1 aromatic heterocycles. The summed E-state index contributed by atoms with van der Waals surface area (Å²) in [6.07, 6.45) is 2.06. The standard InChI is InChI=1S/C21H20N2O3S/c1-15(21(25)23(2)14-16-8-4-3-5-9-16)26-20(24)13-12-19-22-17-10-6-7-11-18(17)27-19/h3-13,15H,14H2,1-2H3/b13-12+/t15-/m1/s1.